The Labute approximate surface area is 94.6 Å². The molecule has 2 rings (SSSR count). The molecule has 0 aromatic heterocycles. The van der Waals surface area contributed by atoms with Crippen LogP contribution >= 0.6 is 23.5 Å². The normalized spacial score (nSPS) is 18.3. The predicted molar refractivity (Wildman–Crippen MR) is 59.1 cm³/mol. The van der Waals surface area contributed by atoms with E-state index in [-0.39, 0.29) is 0 Å². The van der Waals surface area contributed by atoms with Gasteiger partial charge in [0.2, 0.25) is 0 Å². The van der Waals surface area contributed by atoms with Gasteiger partial charge in [0.1, 0.15) is 0 Å². The van der Waals surface area contributed by atoms with Crippen molar-refractivity contribution in [1.29, 1.82) is 0 Å². The second-order valence-electron chi connectivity index (χ2n) is 3.19. The Bertz CT molecular complexity index is 326. The van der Waals surface area contributed by atoms with Crippen molar-refractivity contribution in [3.8, 4) is 0 Å². The average molecular weight is 250 g/mol. The van der Waals surface area contributed by atoms with Crippen LogP contribution in [-0.4, -0.2) is 11.5 Å². The van der Waals surface area contributed by atoms with Crippen LogP contribution in [0.3, 0.4) is 0 Å². The minimum absolute atomic E-state index is 0.312. The van der Waals surface area contributed by atoms with Gasteiger partial charge in [0.25, 0.3) is 0 Å². The highest BCUT2D eigenvalue weighted by molar-refractivity contribution is 8.19. The van der Waals surface area contributed by atoms with E-state index < -0.39 is 11.7 Å². The molecule has 1 aromatic carbocycles. The Morgan fingerprint density at radius 3 is 2.00 bits per heavy atom. The molecule has 1 fully saturated rings. The Hall–Kier alpha value is -0.290. The van der Waals surface area contributed by atoms with Gasteiger partial charge in [-0.25, -0.2) is 0 Å². The summed E-state index contributed by atoms with van der Waals surface area (Å²) in [6, 6.07) is 5.49. The van der Waals surface area contributed by atoms with Gasteiger partial charge in [-0.1, -0.05) is 12.1 Å². The van der Waals surface area contributed by atoms with Crippen LogP contribution in [0.1, 0.15) is 15.7 Å². The molecule has 0 aliphatic carbocycles. The number of benzene rings is 1. The zero-order valence-electron chi connectivity index (χ0n) is 7.75. The molecule has 1 heterocycles. The van der Waals surface area contributed by atoms with Crippen LogP contribution in [0, 0.1) is 0 Å². The predicted octanol–water partition coefficient (Wildman–Crippen LogP) is 4.18. The quantitative estimate of drug-likeness (QED) is 0.733. The number of halogens is 3. The zero-order chi connectivity index (χ0) is 10.9. The van der Waals surface area contributed by atoms with E-state index in [2.05, 4.69) is 0 Å². The molecular formula is C10H9F3S2. The first-order valence-corrected chi connectivity index (χ1v) is 6.57. The molecule has 1 aromatic rings. The molecule has 0 radical (unpaired) electrons. The fourth-order valence-electron chi connectivity index (χ4n) is 1.38. The van der Waals surface area contributed by atoms with E-state index in [4.69, 9.17) is 0 Å². The largest absolute Gasteiger partial charge is 0.416 e. The molecule has 0 amide bonds. The molecule has 0 saturated carbocycles. The maximum absolute atomic E-state index is 12.3. The molecule has 1 aliphatic rings. The van der Waals surface area contributed by atoms with Crippen molar-refractivity contribution in [2.24, 2.45) is 0 Å². The molecule has 0 atom stereocenters. The SMILES string of the molecule is FC(F)(F)c1ccc(C2SCCS2)cc1. The number of hydrogen-bond acceptors (Lipinski definition) is 2. The van der Waals surface area contributed by atoms with Crippen molar-refractivity contribution in [3.63, 3.8) is 0 Å². The van der Waals surface area contributed by atoms with E-state index in [1.807, 2.05) is 0 Å². The summed E-state index contributed by atoms with van der Waals surface area (Å²) in [4.78, 5) is 0. The minimum atomic E-state index is -4.23. The second kappa shape index (κ2) is 4.29. The maximum atomic E-state index is 12.3. The fraction of sp³-hybridized carbons (Fsp3) is 0.400. The molecule has 82 valence electrons. The number of hydrogen-bond donors (Lipinski definition) is 0. The highest BCUT2D eigenvalue weighted by Gasteiger charge is 2.30. The lowest BCUT2D eigenvalue weighted by molar-refractivity contribution is -0.137. The van der Waals surface area contributed by atoms with Gasteiger partial charge in [-0.15, -0.1) is 23.5 Å². The van der Waals surface area contributed by atoms with Gasteiger partial charge >= 0.3 is 6.18 Å². The molecular weight excluding hydrogens is 241 g/mol. The van der Waals surface area contributed by atoms with Gasteiger partial charge < -0.3 is 0 Å². The summed E-state index contributed by atoms with van der Waals surface area (Å²) in [5, 5.41) is 0. The lowest BCUT2D eigenvalue weighted by Gasteiger charge is -2.10. The van der Waals surface area contributed by atoms with Gasteiger partial charge in [0.05, 0.1) is 10.1 Å². The summed E-state index contributed by atoms with van der Waals surface area (Å²) in [7, 11) is 0. The van der Waals surface area contributed by atoms with Crippen LogP contribution in [0.5, 0.6) is 0 Å². The van der Waals surface area contributed by atoms with Crippen LogP contribution in [-0.2, 0) is 6.18 Å². The third-order valence-electron chi connectivity index (χ3n) is 2.13. The van der Waals surface area contributed by atoms with Crippen LogP contribution < -0.4 is 0 Å². The number of rotatable bonds is 1. The zero-order valence-corrected chi connectivity index (χ0v) is 9.38. The monoisotopic (exact) mass is 250 g/mol. The van der Waals surface area contributed by atoms with Crippen molar-refractivity contribution in [3.05, 3.63) is 35.4 Å². The molecule has 0 N–H and O–H groups in total. The van der Waals surface area contributed by atoms with Crippen molar-refractivity contribution in [2.45, 2.75) is 10.8 Å². The molecule has 0 bridgehead atoms. The lowest BCUT2D eigenvalue weighted by Crippen LogP contribution is -2.04. The van der Waals surface area contributed by atoms with Crippen LogP contribution in [0.25, 0.3) is 0 Å². The standard InChI is InChI=1S/C10H9F3S2/c11-10(12,13)8-3-1-7(2-4-8)9-14-5-6-15-9/h1-4,9H,5-6H2. The topological polar surface area (TPSA) is 0 Å². The fourth-order valence-corrected chi connectivity index (χ4v) is 4.24. The van der Waals surface area contributed by atoms with E-state index in [9.17, 15) is 13.2 Å². The van der Waals surface area contributed by atoms with E-state index in [0.717, 1.165) is 29.2 Å². The Kier molecular flexibility index (Phi) is 3.21. The van der Waals surface area contributed by atoms with Crippen molar-refractivity contribution in [1.82, 2.24) is 0 Å². The molecule has 0 unspecified atom stereocenters. The van der Waals surface area contributed by atoms with Gasteiger partial charge in [-0.3, -0.25) is 0 Å². The third-order valence-corrected chi connectivity index (χ3v) is 5.24. The first-order chi connectivity index (χ1) is 7.07. The van der Waals surface area contributed by atoms with Gasteiger partial charge in [-0.05, 0) is 17.7 Å². The highest BCUT2D eigenvalue weighted by Crippen LogP contribution is 2.45. The summed E-state index contributed by atoms with van der Waals surface area (Å²) < 4.78 is 37.2. The van der Waals surface area contributed by atoms with E-state index in [1.54, 1.807) is 35.7 Å². The van der Waals surface area contributed by atoms with E-state index in [1.165, 1.54) is 0 Å². The van der Waals surface area contributed by atoms with Crippen LogP contribution in [0.2, 0.25) is 0 Å². The minimum Gasteiger partial charge on any atom is -0.166 e. The summed E-state index contributed by atoms with van der Waals surface area (Å²) in [6.45, 7) is 0. The summed E-state index contributed by atoms with van der Waals surface area (Å²) in [5.74, 6) is 2.16. The van der Waals surface area contributed by atoms with Crippen LogP contribution in [0.4, 0.5) is 13.2 Å². The first kappa shape index (κ1) is 11.2. The molecule has 1 saturated heterocycles. The lowest BCUT2D eigenvalue weighted by atomic mass is 10.1. The molecule has 0 spiro atoms. The van der Waals surface area contributed by atoms with Crippen molar-refractivity contribution >= 4 is 23.5 Å². The summed E-state index contributed by atoms with van der Waals surface area (Å²) in [6.07, 6.45) is -4.23. The van der Waals surface area contributed by atoms with Crippen molar-refractivity contribution in [2.75, 3.05) is 11.5 Å². The summed E-state index contributed by atoms with van der Waals surface area (Å²) >= 11 is 3.58. The number of thioether (sulfide) groups is 2. The van der Waals surface area contributed by atoms with Gasteiger partial charge in [-0.2, -0.15) is 13.2 Å². The Morgan fingerprint density at radius 1 is 1.00 bits per heavy atom. The van der Waals surface area contributed by atoms with Gasteiger partial charge in [0, 0.05) is 11.5 Å². The molecule has 1 aliphatic heterocycles. The Balaban J connectivity index is 2.16. The van der Waals surface area contributed by atoms with Crippen molar-refractivity contribution < 1.29 is 13.2 Å². The molecule has 5 heteroatoms. The number of alkyl halides is 3. The second-order valence-corrected chi connectivity index (χ2v) is 5.92. The third kappa shape index (κ3) is 2.64. The smallest absolute Gasteiger partial charge is 0.166 e. The van der Waals surface area contributed by atoms with E-state index >= 15 is 0 Å². The Morgan fingerprint density at radius 2 is 1.53 bits per heavy atom. The average Bonchev–Trinajstić information content (AvgIpc) is 2.69. The summed E-state index contributed by atoms with van der Waals surface area (Å²) in [5.41, 5.74) is 0.412. The maximum Gasteiger partial charge on any atom is 0.416 e. The highest BCUT2D eigenvalue weighted by atomic mass is 32.2. The molecule has 0 nitrogen and oxygen atoms in total. The first-order valence-electron chi connectivity index (χ1n) is 4.48. The van der Waals surface area contributed by atoms with Crippen LogP contribution in [0.15, 0.2) is 24.3 Å². The van der Waals surface area contributed by atoms with Gasteiger partial charge in [0.15, 0.2) is 0 Å². The van der Waals surface area contributed by atoms with E-state index in [0.29, 0.717) is 4.58 Å². The molecule has 15 heavy (non-hydrogen) atoms.